The molecule has 1 aliphatic heterocycles. The molecule has 134 valence electrons. The molecular weight excluding hydrogens is 354 g/mol. The Bertz CT molecular complexity index is 1030. The fraction of sp³-hybridized carbons (Fsp3) is 0.278. The van der Waals surface area contributed by atoms with Crippen LogP contribution < -0.4 is 5.63 Å². The van der Waals surface area contributed by atoms with Gasteiger partial charge in [0.2, 0.25) is 0 Å². The van der Waals surface area contributed by atoms with Crippen LogP contribution in [0.1, 0.15) is 9.67 Å². The summed E-state index contributed by atoms with van der Waals surface area (Å²) in [5.74, 6) is -0.0281. The minimum Gasteiger partial charge on any atom is -0.508 e. The molecule has 1 aromatic carbocycles. The van der Waals surface area contributed by atoms with Crippen LogP contribution in [0.5, 0.6) is 5.75 Å². The van der Waals surface area contributed by atoms with Gasteiger partial charge in [-0.05, 0) is 25.2 Å². The number of aromatic nitrogens is 1. The zero-order valence-corrected chi connectivity index (χ0v) is 15.0. The highest BCUT2D eigenvalue weighted by Crippen LogP contribution is 2.27. The molecule has 3 aromatic rings. The second-order valence-corrected chi connectivity index (χ2v) is 7.33. The summed E-state index contributed by atoms with van der Waals surface area (Å²) in [7, 11) is 2.03. The number of likely N-dealkylation sites (N-methyl/N-ethyl adjacent to an activating group) is 1. The monoisotopic (exact) mass is 371 g/mol. The number of rotatable bonds is 2. The third-order valence-corrected chi connectivity index (χ3v) is 5.48. The molecule has 1 N–H and O–H groups in total. The van der Waals surface area contributed by atoms with E-state index in [-0.39, 0.29) is 11.7 Å². The van der Waals surface area contributed by atoms with E-state index in [1.165, 1.54) is 29.7 Å². The van der Waals surface area contributed by atoms with Crippen molar-refractivity contribution < 1.29 is 14.3 Å². The van der Waals surface area contributed by atoms with Crippen LogP contribution in [0.2, 0.25) is 0 Å². The average molecular weight is 371 g/mol. The van der Waals surface area contributed by atoms with Crippen LogP contribution in [-0.4, -0.2) is 59.0 Å². The number of aromatic hydroxyl groups is 1. The largest absolute Gasteiger partial charge is 0.508 e. The number of phenols is 1. The SMILES string of the molecule is CN1CCN(C(=O)c2cnc(-c3cc4ccc(O)cc4oc3=O)s2)CC1. The van der Waals surface area contributed by atoms with Crippen molar-refractivity contribution in [2.24, 2.45) is 0 Å². The lowest BCUT2D eigenvalue weighted by molar-refractivity contribution is 0.0668. The highest BCUT2D eigenvalue weighted by molar-refractivity contribution is 7.16. The van der Waals surface area contributed by atoms with Crippen molar-refractivity contribution in [1.82, 2.24) is 14.8 Å². The second-order valence-electron chi connectivity index (χ2n) is 6.29. The highest BCUT2D eigenvalue weighted by atomic mass is 32.1. The van der Waals surface area contributed by atoms with Gasteiger partial charge in [-0.1, -0.05) is 0 Å². The number of phenolic OH excluding ortho intramolecular Hbond substituents is 1. The predicted octanol–water partition coefficient (Wildman–Crippen LogP) is 2.01. The summed E-state index contributed by atoms with van der Waals surface area (Å²) in [4.78, 5) is 33.7. The summed E-state index contributed by atoms with van der Waals surface area (Å²) < 4.78 is 5.28. The molecule has 0 bridgehead atoms. The molecular formula is C18H17N3O4S. The molecule has 1 amide bonds. The number of benzene rings is 1. The molecule has 8 heteroatoms. The summed E-state index contributed by atoms with van der Waals surface area (Å²) in [5, 5.41) is 10.6. The van der Waals surface area contributed by atoms with E-state index in [4.69, 9.17) is 4.42 Å². The van der Waals surface area contributed by atoms with Crippen molar-refractivity contribution >= 4 is 28.2 Å². The first-order chi connectivity index (χ1) is 12.5. The molecule has 0 aliphatic carbocycles. The van der Waals surface area contributed by atoms with Crippen molar-refractivity contribution in [3.05, 3.63) is 45.8 Å². The first kappa shape index (κ1) is 16.7. The Labute approximate surface area is 153 Å². The number of nitrogens with zero attached hydrogens (tertiary/aromatic N) is 3. The maximum atomic E-state index is 12.6. The molecule has 26 heavy (non-hydrogen) atoms. The second kappa shape index (κ2) is 6.54. The van der Waals surface area contributed by atoms with E-state index in [1.54, 1.807) is 12.1 Å². The molecule has 1 aliphatic rings. The molecule has 0 atom stereocenters. The van der Waals surface area contributed by atoms with E-state index in [1.807, 2.05) is 11.9 Å². The molecule has 0 spiro atoms. The molecule has 0 unspecified atom stereocenters. The number of piperazine rings is 1. The number of thiazole rings is 1. The quantitative estimate of drug-likeness (QED) is 0.694. The van der Waals surface area contributed by atoms with Gasteiger partial charge in [0.15, 0.2) is 0 Å². The Kier molecular flexibility index (Phi) is 4.21. The Hall–Kier alpha value is -2.71. The minimum atomic E-state index is -0.545. The number of carbonyl (C=O) groups excluding carboxylic acids is 1. The molecule has 1 saturated heterocycles. The minimum absolute atomic E-state index is 0.0303. The maximum absolute atomic E-state index is 12.6. The van der Waals surface area contributed by atoms with E-state index in [0.29, 0.717) is 39.5 Å². The Balaban J connectivity index is 1.64. The predicted molar refractivity (Wildman–Crippen MR) is 98.7 cm³/mol. The summed E-state index contributed by atoms with van der Waals surface area (Å²) in [6.07, 6.45) is 1.51. The molecule has 0 saturated carbocycles. The van der Waals surface area contributed by atoms with Gasteiger partial charge in [0.1, 0.15) is 21.2 Å². The lowest BCUT2D eigenvalue weighted by atomic mass is 10.2. The third kappa shape index (κ3) is 3.09. The van der Waals surface area contributed by atoms with Crippen LogP contribution in [0.4, 0.5) is 0 Å². The van der Waals surface area contributed by atoms with Gasteiger partial charge in [-0.2, -0.15) is 0 Å². The van der Waals surface area contributed by atoms with Crippen LogP contribution in [-0.2, 0) is 0 Å². The maximum Gasteiger partial charge on any atom is 0.346 e. The number of amides is 1. The molecule has 7 nitrogen and oxygen atoms in total. The fourth-order valence-corrected chi connectivity index (χ4v) is 3.80. The van der Waals surface area contributed by atoms with Crippen molar-refractivity contribution in [3.63, 3.8) is 0 Å². The van der Waals surface area contributed by atoms with E-state index < -0.39 is 5.63 Å². The number of hydrogen-bond acceptors (Lipinski definition) is 7. The van der Waals surface area contributed by atoms with Gasteiger partial charge in [-0.15, -0.1) is 11.3 Å². The van der Waals surface area contributed by atoms with E-state index in [2.05, 4.69) is 9.88 Å². The summed E-state index contributed by atoms with van der Waals surface area (Å²) in [6.45, 7) is 3.06. The smallest absolute Gasteiger partial charge is 0.346 e. The fourth-order valence-electron chi connectivity index (χ4n) is 2.91. The lowest BCUT2D eigenvalue weighted by Crippen LogP contribution is -2.46. The number of carbonyl (C=O) groups is 1. The van der Waals surface area contributed by atoms with Gasteiger partial charge in [0.25, 0.3) is 5.91 Å². The summed E-state index contributed by atoms with van der Waals surface area (Å²) >= 11 is 1.19. The highest BCUT2D eigenvalue weighted by Gasteiger charge is 2.23. The van der Waals surface area contributed by atoms with Gasteiger partial charge in [0, 0.05) is 37.6 Å². The molecule has 3 heterocycles. The molecule has 2 aromatic heterocycles. The zero-order valence-electron chi connectivity index (χ0n) is 14.1. The van der Waals surface area contributed by atoms with Crippen molar-refractivity contribution in [2.75, 3.05) is 33.2 Å². The van der Waals surface area contributed by atoms with Crippen molar-refractivity contribution in [2.45, 2.75) is 0 Å². The van der Waals surface area contributed by atoms with Crippen LogP contribution >= 0.6 is 11.3 Å². The van der Waals surface area contributed by atoms with Gasteiger partial charge < -0.3 is 19.3 Å². The normalized spacial score (nSPS) is 15.5. The standard InChI is InChI=1S/C18H17N3O4S/c1-20-4-6-21(7-5-20)17(23)15-10-19-16(26-15)13-8-11-2-3-12(22)9-14(11)25-18(13)24/h2-3,8-10,22H,4-7H2,1H3. The van der Waals surface area contributed by atoms with Crippen LogP contribution in [0.15, 0.2) is 39.7 Å². The first-order valence-corrected chi connectivity index (χ1v) is 9.04. The van der Waals surface area contributed by atoms with Crippen LogP contribution in [0.25, 0.3) is 21.5 Å². The first-order valence-electron chi connectivity index (χ1n) is 8.22. The molecule has 0 radical (unpaired) electrons. The van der Waals surface area contributed by atoms with E-state index >= 15 is 0 Å². The van der Waals surface area contributed by atoms with Crippen LogP contribution in [0, 0.1) is 0 Å². The Morgan fingerprint density at radius 3 is 2.77 bits per heavy atom. The van der Waals surface area contributed by atoms with Crippen LogP contribution in [0.3, 0.4) is 0 Å². The Morgan fingerprint density at radius 2 is 2.00 bits per heavy atom. The summed E-state index contributed by atoms with van der Waals surface area (Å²) in [6, 6.07) is 6.26. The number of fused-ring (bicyclic) bond motifs is 1. The topological polar surface area (TPSA) is 86.9 Å². The molecule has 4 rings (SSSR count). The van der Waals surface area contributed by atoms with Gasteiger partial charge in [-0.3, -0.25) is 4.79 Å². The van der Waals surface area contributed by atoms with E-state index in [9.17, 15) is 14.7 Å². The number of hydrogen-bond donors (Lipinski definition) is 1. The van der Waals surface area contributed by atoms with Gasteiger partial charge in [0.05, 0.1) is 11.8 Å². The third-order valence-electron chi connectivity index (χ3n) is 4.46. The summed E-state index contributed by atoms with van der Waals surface area (Å²) in [5.41, 5.74) is 0.0747. The zero-order chi connectivity index (χ0) is 18.3. The van der Waals surface area contributed by atoms with Gasteiger partial charge >= 0.3 is 5.63 Å². The average Bonchev–Trinajstić information content (AvgIpc) is 3.11. The van der Waals surface area contributed by atoms with Crippen molar-refractivity contribution in [3.8, 4) is 16.3 Å². The van der Waals surface area contributed by atoms with E-state index in [0.717, 1.165) is 13.1 Å². The molecule has 1 fully saturated rings. The lowest BCUT2D eigenvalue weighted by Gasteiger charge is -2.31. The van der Waals surface area contributed by atoms with Crippen molar-refractivity contribution in [1.29, 1.82) is 0 Å². The van der Waals surface area contributed by atoms with Gasteiger partial charge in [-0.25, -0.2) is 9.78 Å². The Morgan fingerprint density at radius 1 is 1.23 bits per heavy atom.